The van der Waals surface area contributed by atoms with Crippen LogP contribution in [0.15, 0.2) is 81.1 Å². The second-order valence-electron chi connectivity index (χ2n) is 7.00. The molecule has 0 aliphatic rings. The standard InChI is InChI=1S/C23H26N2O4S3/c1-18-5-7-19(8-6-18)25(32(27,28)22-11-9-21(30-2)10-12-22)16-23(26)24-13-15-31-17-20-4-3-14-29-20/h3-12,14H,13,15-17H2,1-2H3,(H,24,26). The Morgan fingerprint density at radius 3 is 2.41 bits per heavy atom. The Balaban J connectivity index is 1.68. The first-order chi connectivity index (χ1) is 15.4. The number of amides is 1. The van der Waals surface area contributed by atoms with Crippen LogP contribution in [0.5, 0.6) is 0 Å². The third-order valence-corrected chi connectivity index (χ3v) is 8.16. The maximum absolute atomic E-state index is 13.4. The Kier molecular flexibility index (Phi) is 8.72. The maximum Gasteiger partial charge on any atom is 0.264 e. The second kappa shape index (κ2) is 11.5. The SMILES string of the molecule is CSc1ccc(S(=O)(=O)N(CC(=O)NCCSCc2ccco2)c2ccc(C)cc2)cc1. The van der Waals surface area contributed by atoms with Gasteiger partial charge in [-0.25, -0.2) is 8.42 Å². The van der Waals surface area contributed by atoms with Gasteiger partial charge >= 0.3 is 0 Å². The Bertz CT molecular complexity index is 1100. The average molecular weight is 491 g/mol. The molecule has 6 nitrogen and oxygen atoms in total. The van der Waals surface area contributed by atoms with Gasteiger partial charge in [-0.2, -0.15) is 11.8 Å². The maximum atomic E-state index is 13.4. The Hall–Kier alpha value is -2.36. The van der Waals surface area contributed by atoms with E-state index in [2.05, 4.69) is 5.32 Å². The highest BCUT2D eigenvalue weighted by Gasteiger charge is 2.27. The molecule has 0 fully saturated rings. The summed E-state index contributed by atoms with van der Waals surface area (Å²) in [5, 5.41) is 2.82. The van der Waals surface area contributed by atoms with E-state index in [1.54, 1.807) is 54.4 Å². The second-order valence-corrected chi connectivity index (χ2v) is 10.9. The summed E-state index contributed by atoms with van der Waals surface area (Å²) in [6, 6.07) is 17.5. The fraction of sp³-hybridized carbons (Fsp3) is 0.261. The lowest BCUT2D eigenvalue weighted by Gasteiger charge is -2.24. The van der Waals surface area contributed by atoms with Gasteiger partial charge in [0.2, 0.25) is 5.91 Å². The molecule has 32 heavy (non-hydrogen) atoms. The first-order valence-corrected chi connectivity index (χ1v) is 13.8. The predicted octanol–water partition coefficient (Wildman–Crippen LogP) is 4.55. The Morgan fingerprint density at radius 1 is 1.06 bits per heavy atom. The first kappa shape index (κ1) is 24.3. The van der Waals surface area contributed by atoms with Crippen LogP contribution >= 0.6 is 23.5 Å². The summed E-state index contributed by atoms with van der Waals surface area (Å²) in [6.07, 6.45) is 3.56. The van der Waals surface area contributed by atoms with Crippen molar-refractivity contribution in [2.45, 2.75) is 22.5 Å². The number of hydrogen-bond acceptors (Lipinski definition) is 6. The number of thioether (sulfide) groups is 2. The van der Waals surface area contributed by atoms with E-state index in [0.29, 0.717) is 18.0 Å². The van der Waals surface area contributed by atoms with Crippen LogP contribution in [-0.2, 0) is 20.6 Å². The molecule has 0 aliphatic carbocycles. The number of rotatable bonds is 11. The lowest BCUT2D eigenvalue weighted by atomic mass is 10.2. The van der Waals surface area contributed by atoms with Gasteiger partial charge in [-0.15, -0.1) is 11.8 Å². The molecule has 3 rings (SSSR count). The number of nitrogens with zero attached hydrogens (tertiary/aromatic N) is 1. The topological polar surface area (TPSA) is 79.6 Å². The Morgan fingerprint density at radius 2 is 1.78 bits per heavy atom. The van der Waals surface area contributed by atoms with Crippen LogP contribution in [0.1, 0.15) is 11.3 Å². The fourth-order valence-electron chi connectivity index (χ4n) is 2.92. The first-order valence-electron chi connectivity index (χ1n) is 10.0. The van der Waals surface area contributed by atoms with Crippen LogP contribution in [0.2, 0.25) is 0 Å². The number of aryl methyl sites for hydroxylation is 1. The largest absolute Gasteiger partial charge is 0.468 e. The molecule has 1 N–H and O–H groups in total. The molecule has 0 aliphatic heterocycles. The molecule has 1 aromatic heterocycles. The zero-order valence-corrected chi connectivity index (χ0v) is 20.4. The van der Waals surface area contributed by atoms with Gasteiger partial charge in [0.1, 0.15) is 12.3 Å². The number of carbonyl (C=O) groups excluding carboxylic acids is 1. The summed E-state index contributed by atoms with van der Waals surface area (Å²) in [5.74, 6) is 1.94. The molecule has 9 heteroatoms. The van der Waals surface area contributed by atoms with Crippen LogP contribution in [0.3, 0.4) is 0 Å². The molecular formula is C23H26N2O4S3. The van der Waals surface area contributed by atoms with Gasteiger partial charge < -0.3 is 9.73 Å². The van der Waals surface area contributed by atoms with E-state index in [-0.39, 0.29) is 17.3 Å². The van der Waals surface area contributed by atoms with Crippen molar-refractivity contribution < 1.29 is 17.6 Å². The van der Waals surface area contributed by atoms with E-state index >= 15 is 0 Å². The zero-order valence-electron chi connectivity index (χ0n) is 18.0. The molecule has 0 saturated carbocycles. The van der Waals surface area contributed by atoms with E-state index in [1.807, 2.05) is 37.4 Å². The summed E-state index contributed by atoms with van der Waals surface area (Å²) in [4.78, 5) is 13.7. The van der Waals surface area contributed by atoms with E-state index < -0.39 is 10.0 Å². The smallest absolute Gasteiger partial charge is 0.264 e. The van der Waals surface area contributed by atoms with Crippen molar-refractivity contribution in [1.29, 1.82) is 0 Å². The molecule has 0 spiro atoms. The fourth-order valence-corrected chi connectivity index (χ4v) is 5.50. The van der Waals surface area contributed by atoms with E-state index in [9.17, 15) is 13.2 Å². The molecule has 3 aromatic rings. The zero-order chi connectivity index (χ0) is 23.0. The predicted molar refractivity (Wildman–Crippen MR) is 132 cm³/mol. The summed E-state index contributed by atoms with van der Waals surface area (Å²) < 4.78 is 33.2. The van der Waals surface area contributed by atoms with Crippen molar-refractivity contribution in [3.8, 4) is 0 Å². The highest BCUT2D eigenvalue weighted by atomic mass is 32.2. The average Bonchev–Trinajstić information content (AvgIpc) is 3.31. The van der Waals surface area contributed by atoms with Gasteiger partial charge in [-0.3, -0.25) is 9.10 Å². The van der Waals surface area contributed by atoms with Gasteiger partial charge in [0.25, 0.3) is 10.0 Å². The van der Waals surface area contributed by atoms with Crippen molar-refractivity contribution >= 4 is 45.1 Å². The molecule has 170 valence electrons. The van der Waals surface area contributed by atoms with Crippen molar-refractivity contribution in [2.24, 2.45) is 0 Å². The lowest BCUT2D eigenvalue weighted by molar-refractivity contribution is -0.119. The van der Waals surface area contributed by atoms with E-state index in [1.165, 1.54) is 11.8 Å². The van der Waals surface area contributed by atoms with E-state index in [4.69, 9.17) is 4.42 Å². The summed E-state index contributed by atoms with van der Waals surface area (Å²) in [7, 11) is -3.91. The molecule has 2 aromatic carbocycles. The molecule has 0 bridgehead atoms. The number of carbonyl (C=O) groups is 1. The summed E-state index contributed by atoms with van der Waals surface area (Å²) in [5.41, 5.74) is 1.46. The minimum absolute atomic E-state index is 0.151. The number of sulfonamides is 1. The summed E-state index contributed by atoms with van der Waals surface area (Å²) >= 11 is 3.17. The molecule has 0 radical (unpaired) electrons. The van der Waals surface area contributed by atoms with Crippen LogP contribution in [0.25, 0.3) is 0 Å². The lowest BCUT2D eigenvalue weighted by Crippen LogP contribution is -2.41. The quantitative estimate of drug-likeness (QED) is 0.314. The third-order valence-electron chi connectivity index (χ3n) is 4.65. The minimum Gasteiger partial charge on any atom is -0.468 e. The van der Waals surface area contributed by atoms with Gasteiger partial charge in [-0.05, 0) is 61.7 Å². The Labute approximate surface area is 197 Å². The van der Waals surface area contributed by atoms with E-state index in [0.717, 1.165) is 26.3 Å². The molecular weight excluding hydrogens is 464 g/mol. The monoisotopic (exact) mass is 490 g/mol. The minimum atomic E-state index is -3.91. The number of hydrogen-bond donors (Lipinski definition) is 1. The highest BCUT2D eigenvalue weighted by molar-refractivity contribution is 7.98. The van der Waals surface area contributed by atoms with Gasteiger partial charge in [0.15, 0.2) is 0 Å². The molecule has 1 amide bonds. The molecule has 0 unspecified atom stereocenters. The van der Waals surface area contributed by atoms with Crippen molar-refractivity contribution in [3.63, 3.8) is 0 Å². The normalized spacial score (nSPS) is 11.3. The van der Waals surface area contributed by atoms with Gasteiger partial charge in [-0.1, -0.05) is 17.7 Å². The van der Waals surface area contributed by atoms with Gasteiger partial charge in [0, 0.05) is 17.2 Å². The van der Waals surface area contributed by atoms with Crippen LogP contribution in [0, 0.1) is 6.92 Å². The molecule has 0 atom stereocenters. The van der Waals surface area contributed by atoms with Crippen LogP contribution < -0.4 is 9.62 Å². The number of anilines is 1. The van der Waals surface area contributed by atoms with Crippen molar-refractivity contribution in [3.05, 3.63) is 78.3 Å². The highest BCUT2D eigenvalue weighted by Crippen LogP contribution is 2.25. The molecule has 0 saturated heterocycles. The summed E-state index contributed by atoms with van der Waals surface area (Å²) in [6.45, 7) is 2.07. The van der Waals surface area contributed by atoms with Crippen molar-refractivity contribution in [2.75, 3.05) is 29.4 Å². The van der Waals surface area contributed by atoms with Crippen LogP contribution in [-0.4, -0.2) is 39.4 Å². The number of benzene rings is 2. The number of nitrogens with one attached hydrogen (secondary N) is 1. The third kappa shape index (κ3) is 6.57. The molecule has 1 heterocycles. The van der Waals surface area contributed by atoms with Crippen molar-refractivity contribution in [1.82, 2.24) is 5.32 Å². The van der Waals surface area contributed by atoms with Crippen LogP contribution in [0.4, 0.5) is 5.69 Å². The number of furan rings is 1. The van der Waals surface area contributed by atoms with Gasteiger partial charge in [0.05, 0.1) is 22.6 Å².